The van der Waals surface area contributed by atoms with Crippen molar-refractivity contribution in [2.24, 2.45) is 0 Å². The summed E-state index contributed by atoms with van der Waals surface area (Å²) in [4.78, 5) is 10.9. The Morgan fingerprint density at radius 3 is 2.78 bits per heavy atom. The molecule has 1 unspecified atom stereocenters. The number of benzene rings is 1. The maximum atomic E-state index is 10.9. The largest absolute Gasteiger partial charge is 0.469 e. The fraction of sp³-hybridized carbons (Fsp3) is 0.333. The van der Waals surface area contributed by atoms with Crippen LogP contribution < -0.4 is 5.30 Å². The molecule has 0 radical (unpaired) electrons. The van der Waals surface area contributed by atoms with E-state index in [1.807, 2.05) is 6.07 Å². The Morgan fingerprint density at radius 1 is 1.28 bits per heavy atom. The van der Waals surface area contributed by atoms with E-state index >= 15 is 0 Å². The third-order valence-corrected chi connectivity index (χ3v) is 3.51. The zero-order chi connectivity index (χ0) is 13.1. The van der Waals surface area contributed by atoms with Crippen molar-refractivity contribution in [2.45, 2.75) is 25.7 Å². The molecule has 0 aromatic heterocycles. The highest BCUT2D eigenvalue weighted by Gasteiger charge is 1.97. The number of hydrogen-bond acceptors (Lipinski definition) is 2. The maximum absolute atomic E-state index is 10.9. The third kappa shape index (κ3) is 7.03. The summed E-state index contributed by atoms with van der Waals surface area (Å²) in [5.41, 5.74) is 0. The van der Waals surface area contributed by atoms with Crippen LogP contribution in [0.1, 0.15) is 25.7 Å². The van der Waals surface area contributed by atoms with Crippen LogP contribution in [0, 0.1) is 0 Å². The minimum absolute atomic E-state index is 0.115. The minimum atomic E-state index is -0.115. The van der Waals surface area contributed by atoms with Gasteiger partial charge in [-0.1, -0.05) is 24.3 Å². The Morgan fingerprint density at radius 2 is 2.06 bits per heavy atom. The van der Waals surface area contributed by atoms with E-state index in [0.717, 1.165) is 27.5 Å². The van der Waals surface area contributed by atoms with Crippen molar-refractivity contribution < 1.29 is 9.53 Å². The fourth-order valence-corrected chi connectivity index (χ4v) is 2.29. The molecular weight excluding hydrogens is 243 g/mol. The van der Waals surface area contributed by atoms with E-state index in [9.17, 15) is 4.79 Å². The molecule has 0 aliphatic rings. The molecule has 0 spiro atoms. The van der Waals surface area contributed by atoms with Crippen LogP contribution in [0.15, 0.2) is 42.5 Å². The van der Waals surface area contributed by atoms with Crippen molar-refractivity contribution in [1.82, 2.24) is 0 Å². The molecule has 1 rings (SSSR count). The van der Waals surface area contributed by atoms with Crippen LogP contribution in [0.25, 0.3) is 0 Å². The van der Waals surface area contributed by atoms with Gasteiger partial charge >= 0.3 is 5.97 Å². The average molecular weight is 263 g/mol. The first kappa shape index (κ1) is 14.7. The molecular formula is C15H20O2P+. The highest BCUT2D eigenvalue weighted by molar-refractivity contribution is 7.47. The zero-order valence-corrected chi connectivity index (χ0v) is 11.8. The van der Waals surface area contributed by atoms with Crippen LogP contribution in [0.4, 0.5) is 0 Å². The van der Waals surface area contributed by atoms with Crippen molar-refractivity contribution in [3.63, 3.8) is 0 Å². The lowest BCUT2D eigenvalue weighted by Crippen LogP contribution is -1.98. The molecule has 0 aliphatic carbocycles. The summed E-state index contributed by atoms with van der Waals surface area (Å²) in [6.07, 6.45) is 7.76. The van der Waals surface area contributed by atoms with Crippen LogP contribution in [-0.2, 0) is 9.53 Å². The maximum Gasteiger partial charge on any atom is 0.305 e. The number of esters is 1. The highest BCUT2D eigenvalue weighted by atomic mass is 31.1. The molecule has 0 bridgehead atoms. The van der Waals surface area contributed by atoms with Gasteiger partial charge in [-0.3, -0.25) is 4.79 Å². The van der Waals surface area contributed by atoms with E-state index < -0.39 is 0 Å². The van der Waals surface area contributed by atoms with Gasteiger partial charge < -0.3 is 4.74 Å². The predicted molar refractivity (Wildman–Crippen MR) is 80.1 cm³/mol. The van der Waals surface area contributed by atoms with Crippen molar-refractivity contribution >= 4 is 25.3 Å². The Hall–Kier alpha value is -1.40. The second-order valence-corrected chi connectivity index (χ2v) is 5.13. The monoisotopic (exact) mass is 263 g/mol. The summed E-state index contributed by atoms with van der Waals surface area (Å²) in [6, 6.07) is 10.4. The fourth-order valence-electron chi connectivity index (χ4n) is 1.48. The number of carbonyl (C=O) groups excluding carboxylic acids is 1. The molecule has 1 aromatic rings. The zero-order valence-electron chi connectivity index (χ0n) is 10.8. The van der Waals surface area contributed by atoms with Crippen LogP contribution >= 0.6 is 8.20 Å². The highest BCUT2D eigenvalue weighted by Crippen LogP contribution is 2.02. The molecule has 0 heterocycles. The lowest BCUT2D eigenvalue weighted by molar-refractivity contribution is -0.140. The molecule has 0 amide bonds. The van der Waals surface area contributed by atoms with Gasteiger partial charge in [0.25, 0.3) is 0 Å². The lowest BCUT2D eigenvalue weighted by Gasteiger charge is -1.96. The molecule has 0 saturated heterocycles. The molecule has 18 heavy (non-hydrogen) atoms. The third-order valence-electron chi connectivity index (χ3n) is 2.49. The minimum Gasteiger partial charge on any atom is -0.469 e. The molecule has 1 atom stereocenters. The van der Waals surface area contributed by atoms with Gasteiger partial charge in [0, 0.05) is 6.42 Å². The van der Waals surface area contributed by atoms with E-state index in [4.69, 9.17) is 0 Å². The summed E-state index contributed by atoms with van der Waals surface area (Å²) in [5, 5.41) is 1.35. The average Bonchev–Trinajstić information content (AvgIpc) is 2.42. The van der Waals surface area contributed by atoms with E-state index in [2.05, 4.69) is 47.0 Å². The van der Waals surface area contributed by atoms with Gasteiger partial charge in [-0.15, -0.1) is 0 Å². The number of methoxy groups -OCH3 is 1. The molecule has 0 fully saturated rings. The molecule has 0 saturated carbocycles. The number of ether oxygens (including phenoxy) is 1. The van der Waals surface area contributed by atoms with Crippen LogP contribution in [0.3, 0.4) is 0 Å². The summed E-state index contributed by atoms with van der Waals surface area (Å²) < 4.78 is 4.58. The van der Waals surface area contributed by atoms with Crippen molar-refractivity contribution in [2.75, 3.05) is 7.11 Å². The SMILES string of the molecule is COC(=O)CCCCC=CC=[PH+]c1ccccc1. The van der Waals surface area contributed by atoms with Gasteiger partial charge in [0.2, 0.25) is 0 Å². The molecule has 0 aliphatic heterocycles. The number of unbranched alkanes of at least 4 members (excludes halogenated alkanes) is 2. The van der Waals surface area contributed by atoms with Crippen molar-refractivity contribution in [3.05, 3.63) is 42.5 Å². The quantitative estimate of drug-likeness (QED) is 0.429. The van der Waals surface area contributed by atoms with Crippen molar-refractivity contribution in [3.8, 4) is 0 Å². The van der Waals surface area contributed by atoms with Gasteiger partial charge in [-0.2, -0.15) is 0 Å². The summed E-state index contributed by atoms with van der Waals surface area (Å²) in [7, 11) is 2.16. The normalized spacial score (nSPS) is 11.2. The molecule has 96 valence electrons. The van der Waals surface area contributed by atoms with Crippen LogP contribution in [0.2, 0.25) is 0 Å². The number of allylic oxidation sites excluding steroid dienone is 2. The van der Waals surface area contributed by atoms with Crippen molar-refractivity contribution in [1.29, 1.82) is 0 Å². The van der Waals surface area contributed by atoms with Gasteiger partial charge in [0.05, 0.1) is 7.11 Å². The van der Waals surface area contributed by atoms with Gasteiger partial charge in [-0.05, 0) is 37.5 Å². The topological polar surface area (TPSA) is 26.3 Å². The predicted octanol–water partition coefficient (Wildman–Crippen LogP) is 3.08. The molecule has 3 heteroatoms. The molecule has 0 N–H and O–H groups in total. The Kier molecular flexibility index (Phi) is 7.83. The van der Waals surface area contributed by atoms with E-state index in [0.29, 0.717) is 6.42 Å². The molecule has 1 aromatic carbocycles. The Balaban J connectivity index is 2.11. The first-order valence-corrected chi connectivity index (χ1v) is 7.27. The first-order chi connectivity index (χ1) is 8.83. The number of hydrogen-bond donors (Lipinski definition) is 0. The van der Waals surface area contributed by atoms with Gasteiger partial charge in [0.15, 0.2) is 0 Å². The van der Waals surface area contributed by atoms with Gasteiger partial charge in [0.1, 0.15) is 19.3 Å². The second-order valence-electron chi connectivity index (χ2n) is 3.93. The summed E-state index contributed by atoms with van der Waals surface area (Å²) in [6.45, 7) is 0. The molecule has 2 nitrogen and oxygen atoms in total. The number of carbonyl (C=O) groups is 1. The second kappa shape index (κ2) is 9.61. The van der Waals surface area contributed by atoms with E-state index in [-0.39, 0.29) is 5.97 Å². The smallest absolute Gasteiger partial charge is 0.305 e. The van der Waals surface area contributed by atoms with Crippen LogP contribution in [-0.4, -0.2) is 18.9 Å². The van der Waals surface area contributed by atoms with Gasteiger partial charge in [-0.25, -0.2) is 0 Å². The Bertz CT molecular complexity index is 396. The standard InChI is InChI=1S/C15H19O2P/c1-17-15(16)12-8-3-2-4-9-13-18-14-10-6-5-7-11-14/h4-7,9-11,13H,2-3,8,12H2,1H3/p+1. The summed E-state index contributed by atoms with van der Waals surface area (Å²) >= 11 is 0. The first-order valence-electron chi connectivity index (χ1n) is 6.19. The lowest BCUT2D eigenvalue weighted by atomic mass is 10.2. The van der Waals surface area contributed by atoms with Crippen LogP contribution in [0.5, 0.6) is 0 Å². The van der Waals surface area contributed by atoms with E-state index in [1.54, 1.807) is 0 Å². The van der Waals surface area contributed by atoms with E-state index in [1.165, 1.54) is 12.4 Å². The number of rotatable bonds is 7. The Labute approximate surface area is 110 Å². The summed E-state index contributed by atoms with van der Waals surface area (Å²) in [5.74, 6) is 2.08.